The summed E-state index contributed by atoms with van der Waals surface area (Å²) in [5, 5.41) is 10.4. The van der Waals surface area contributed by atoms with Crippen molar-refractivity contribution in [3.8, 4) is 5.75 Å². The van der Waals surface area contributed by atoms with Gasteiger partial charge in [-0.1, -0.05) is 15.9 Å². The van der Waals surface area contributed by atoms with Gasteiger partial charge in [-0.25, -0.2) is 0 Å². The van der Waals surface area contributed by atoms with E-state index in [2.05, 4.69) is 15.9 Å². The molecule has 0 saturated heterocycles. The van der Waals surface area contributed by atoms with Crippen LogP contribution < -0.4 is 0 Å². The van der Waals surface area contributed by atoms with E-state index in [-0.39, 0.29) is 11.7 Å². The topological polar surface area (TPSA) is 40.5 Å². The number of carbonyl (C=O) groups excluding carboxylic acids is 1. The normalized spacial score (nSPS) is 14.7. The molecular weight excluding hydrogens is 397 g/mol. The molecule has 1 N–H and O–H groups in total. The molecule has 0 spiro atoms. The molecule has 3 nitrogen and oxygen atoms in total. The van der Waals surface area contributed by atoms with Crippen LogP contribution in [0.15, 0.2) is 18.2 Å². The van der Waals surface area contributed by atoms with E-state index in [4.69, 9.17) is 0 Å². The molecule has 1 aromatic rings. The van der Waals surface area contributed by atoms with Gasteiger partial charge in [0.05, 0.1) is 3.57 Å². The lowest BCUT2D eigenvalue weighted by atomic mass is 10.2. The molecule has 1 amide bonds. The number of carbonyl (C=O) groups is 1. The molecule has 1 aliphatic rings. The largest absolute Gasteiger partial charge is 0.507 e. The Morgan fingerprint density at radius 1 is 1.53 bits per heavy atom. The van der Waals surface area contributed by atoms with Crippen LogP contribution in [0.4, 0.5) is 0 Å². The maximum Gasteiger partial charge on any atom is 0.254 e. The van der Waals surface area contributed by atoms with Gasteiger partial charge in [-0.3, -0.25) is 4.79 Å². The molecule has 0 atom stereocenters. The molecule has 17 heavy (non-hydrogen) atoms. The Morgan fingerprint density at radius 3 is 2.76 bits per heavy atom. The average Bonchev–Trinajstić information content (AvgIpc) is 3.13. The Balaban J connectivity index is 2.19. The minimum absolute atomic E-state index is 0.0126. The fourth-order valence-electron chi connectivity index (χ4n) is 1.74. The highest BCUT2D eigenvalue weighted by Gasteiger charge is 2.32. The molecule has 1 fully saturated rings. The molecule has 1 aliphatic carbocycles. The molecule has 0 radical (unpaired) electrons. The van der Waals surface area contributed by atoms with E-state index in [1.54, 1.807) is 18.2 Å². The van der Waals surface area contributed by atoms with Crippen LogP contribution in [0.25, 0.3) is 0 Å². The fraction of sp³-hybridized carbons (Fsp3) is 0.417. The summed E-state index contributed by atoms with van der Waals surface area (Å²) in [6.07, 6.45) is 2.18. The van der Waals surface area contributed by atoms with Gasteiger partial charge in [0.1, 0.15) is 5.75 Å². The number of aromatic hydroxyl groups is 1. The van der Waals surface area contributed by atoms with Gasteiger partial charge in [0, 0.05) is 23.5 Å². The molecule has 2 rings (SSSR count). The van der Waals surface area contributed by atoms with E-state index in [0.29, 0.717) is 11.6 Å². The number of alkyl halides is 1. The van der Waals surface area contributed by atoms with Gasteiger partial charge in [-0.2, -0.15) is 0 Å². The zero-order valence-electron chi connectivity index (χ0n) is 9.20. The summed E-state index contributed by atoms with van der Waals surface area (Å²) in [5.74, 6) is 0.185. The lowest BCUT2D eigenvalue weighted by molar-refractivity contribution is 0.0754. The summed E-state index contributed by atoms with van der Waals surface area (Å²) >= 11 is 5.41. The Morgan fingerprint density at radius 2 is 2.24 bits per heavy atom. The number of phenols is 1. The van der Waals surface area contributed by atoms with Crippen molar-refractivity contribution in [2.75, 3.05) is 11.9 Å². The van der Waals surface area contributed by atoms with Crippen LogP contribution in [-0.2, 0) is 0 Å². The van der Waals surface area contributed by atoms with Crippen molar-refractivity contribution in [2.45, 2.75) is 18.9 Å². The van der Waals surface area contributed by atoms with Crippen molar-refractivity contribution in [3.63, 3.8) is 0 Å². The number of nitrogens with zero attached hydrogens (tertiary/aromatic N) is 1. The standard InChI is InChI=1S/C12H13BrINO2/c13-5-6-15(9-2-3-9)12(17)8-1-4-10(14)11(16)7-8/h1,4,7,9,16H,2-3,5-6H2. The highest BCUT2D eigenvalue weighted by Crippen LogP contribution is 2.29. The van der Waals surface area contributed by atoms with Crippen molar-refractivity contribution in [2.24, 2.45) is 0 Å². The average molecular weight is 410 g/mol. The lowest BCUT2D eigenvalue weighted by Crippen LogP contribution is -2.34. The summed E-state index contributed by atoms with van der Waals surface area (Å²) < 4.78 is 0.762. The van der Waals surface area contributed by atoms with Gasteiger partial charge in [0.2, 0.25) is 0 Å². The van der Waals surface area contributed by atoms with Crippen LogP contribution in [0, 0.1) is 3.57 Å². The van der Waals surface area contributed by atoms with E-state index in [1.807, 2.05) is 27.5 Å². The molecule has 0 aromatic heterocycles. The summed E-state index contributed by atoms with van der Waals surface area (Å²) in [6, 6.07) is 5.48. The minimum Gasteiger partial charge on any atom is -0.507 e. The van der Waals surface area contributed by atoms with Crippen LogP contribution in [0.2, 0.25) is 0 Å². The monoisotopic (exact) mass is 409 g/mol. The number of halogens is 2. The molecule has 92 valence electrons. The van der Waals surface area contributed by atoms with E-state index in [1.165, 1.54) is 0 Å². The Hall–Kier alpha value is -0.300. The van der Waals surface area contributed by atoms with E-state index >= 15 is 0 Å². The SMILES string of the molecule is O=C(c1ccc(I)c(O)c1)N(CCBr)C1CC1. The molecule has 0 bridgehead atoms. The van der Waals surface area contributed by atoms with Gasteiger partial charge in [-0.15, -0.1) is 0 Å². The molecule has 1 saturated carbocycles. The molecule has 0 aliphatic heterocycles. The number of rotatable bonds is 4. The third-order valence-electron chi connectivity index (χ3n) is 2.77. The van der Waals surface area contributed by atoms with Crippen LogP contribution in [0.3, 0.4) is 0 Å². The Bertz CT molecular complexity index is 435. The van der Waals surface area contributed by atoms with Gasteiger partial charge in [0.25, 0.3) is 5.91 Å². The first kappa shape index (κ1) is 13.1. The molecule has 5 heteroatoms. The van der Waals surface area contributed by atoms with Gasteiger partial charge >= 0.3 is 0 Å². The number of benzene rings is 1. The van der Waals surface area contributed by atoms with Crippen LogP contribution in [0.5, 0.6) is 5.75 Å². The predicted molar refractivity (Wildman–Crippen MR) is 78.7 cm³/mol. The van der Waals surface area contributed by atoms with Crippen molar-refractivity contribution in [3.05, 3.63) is 27.3 Å². The molecular formula is C12H13BrINO2. The van der Waals surface area contributed by atoms with Crippen LogP contribution in [-0.4, -0.2) is 33.8 Å². The summed E-state index contributed by atoms with van der Waals surface area (Å²) in [4.78, 5) is 14.2. The Kier molecular flexibility index (Phi) is 4.30. The number of phenolic OH excluding ortho intramolecular Hbond substituents is 1. The minimum atomic E-state index is 0.0126. The summed E-state index contributed by atoms with van der Waals surface area (Å²) in [6.45, 7) is 0.719. The summed E-state index contributed by atoms with van der Waals surface area (Å²) in [5.41, 5.74) is 0.566. The first-order valence-electron chi connectivity index (χ1n) is 5.49. The number of hydrogen-bond donors (Lipinski definition) is 1. The van der Waals surface area contributed by atoms with Gasteiger partial charge in [-0.05, 0) is 53.6 Å². The molecule has 1 aromatic carbocycles. The third kappa shape index (κ3) is 3.13. The van der Waals surface area contributed by atoms with Gasteiger partial charge in [0.15, 0.2) is 0 Å². The maximum absolute atomic E-state index is 12.3. The van der Waals surface area contributed by atoms with E-state index in [9.17, 15) is 9.90 Å². The van der Waals surface area contributed by atoms with E-state index < -0.39 is 0 Å². The second-order valence-corrected chi connectivity index (χ2v) is 6.04. The maximum atomic E-state index is 12.3. The predicted octanol–water partition coefficient (Wildman–Crippen LogP) is 3.00. The third-order valence-corrected chi connectivity index (χ3v) is 4.03. The number of amides is 1. The summed E-state index contributed by atoms with van der Waals surface area (Å²) in [7, 11) is 0. The van der Waals surface area contributed by atoms with Crippen molar-refractivity contribution in [1.82, 2.24) is 4.90 Å². The lowest BCUT2D eigenvalue weighted by Gasteiger charge is -2.21. The smallest absolute Gasteiger partial charge is 0.254 e. The molecule has 0 unspecified atom stereocenters. The quantitative estimate of drug-likeness (QED) is 0.613. The van der Waals surface area contributed by atoms with E-state index in [0.717, 1.165) is 28.3 Å². The first-order chi connectivity index (χ1) is 8.13. The van der Waals surface area contributed by atoms with Crippen molar-refractivity contribution in [1.29, 1.82) is 0 Å². The first-order valence-corrected chi connectivity index (χ1v) is 7.69. The highest BCUT2D eigenvalue weighted by molar-refractivity contribution is 14.1. The zero-order valence-corrected chi connectivity index (χ0v) is 12.9. The highest BCUT2D eigenvalue weighted by atomic mass is 127. The van der Waals surface area contributed by atoms with Crippen molar-refractivity contribution >= 4 is 44.4 Å². The zero-order chi connectivity index (χ0) is 12.4. The Labute approximate surface area is 122 Å². The second-order valence-electron chi connectivity index (χ2n) is 4.08. The van der Waals surface area contributed by atoms with Gasteiger partial charge < -0.3 is 10.0 Å². The second kappa shape index (κ2) is 5.56. The van der Waals surface area contributed by atoms with Crippen LogP contribution in [0.1, 0.15) is 23.2 Å². The van der Waals surface area contributed by atoms with Crippen LogP contribution >= 0.6 is 38.5 Å². The number of hydrogen-bond acceptors (Lipinski definition) is 2. The van der Waals surface area contributed by atoms with Crippen molar-refractivity contribution < 1.29 is 9.90 Å². The fourth-order valence-corrected chi connectivity index (χ4v) is 2.46. The molecule has 0 heterocycles.